The molecule has 2 atom stereocenters. The summed E-state index contributed by atoms with van der Waals surface area (Å²) in [4.78, 5) is 29.9. The number of carbonyl (C=O) groups excluding carboxylic acids is 2. The van der Waals surface area contributed by atoms with Gasteiger partial charge in [0, 0.05) is 25.0 Å². The number of amides is 3. The maximum absolute atomic E-state index is 12.7. The second kappa shape index (κ2) is 8.87. The number of hydrogen-bond acceptors (Lipinski definition) is 5. The van der Waals surface area contributed by atoms with Crippen molar-refractivity contribution in [2.45, 2.75) is 24.5 Å². The molecule has 3 amide bonds. The minimum absolute atomic E-state index is 0.0215. The van der Waals surface area contributed by atoms with Crippen LogP contribution in [0.5, 0.6) is 5.75 Å². The highest BCUT2D eigenvalue weighted by Crippen LogP contribution is 2.45. The molecule has 0 radical (unpaired) electrons. The Morgan fingerprint density at radius 1 is 1.32 bits per heavy atom. The van der Waals surface area contributed by atoms with Crippen molar-refractivity contribution in [2.75, 3.05) is 32.6 Å². The van der Waals surface area contributed by atoms with Gasteiger partial charge in [-0.1, -0.05) is 12.1 Å². The molecule has 2 unspecified atom stereocenters. The first kappa shape index (κ1) is 20.5. The minimum Gasteiger partial charge on any atom is -0.495 e. The number of thiophene rings is 1. The molecule has 0 saturated carbocycles. The average Bonchev–Trinajstić information content (AvgIpc) is 3.23. The van der Waals surface area contributed by atoms with Crippen molar-refractivity contribution in [3.63, 3.8) is 0 Å². The fourth-order valence-electron chi connectivity index (χ4n) is 3.06. The number of likely N-dealkylation sites (N-methyl/N-ethyl adjacent to an activating group) is 1. The normalized spacial score (nSPS) is 19.0. The van der Waals surface area contributed by atoms with E-state index in [1.165, 1.54) is 10.4 Å². The number of aryl methyl sites for hydroxylation is 1. The summed E-state index contributed by atoms with van der Waals surface area (Å²) in [6.07, 6.45) is 0. The Kier molecular flexibility index (Phi) is 6.51. The number of nitrogens with zero attached hydrogens (tertiary/aromatic N) is 2. The molecule has 2 heterocycles. The first-order valence-corrected chi connectivity index (χ1v) is 10.9. The number of thioether (sulfide) groups is 1. The number of ether oxygens (including phenoxy) is 1. The van der Waals surface area contributed by atoms with E-state index >= 15 is 0 Å². The van der Waals surface area contributed by atoms with Crippen molar-refractivity contribution in [2.24, 2.45) is 0 Å². The van der Waals surface area contributed by atoms with E-state index < -0.39 is 0 Å². The molecule has 0 aliphatic carbocycles. The van der Waals surface area contributed by atoms with Gasteiger partial charge in [0.1, 0.15) is 11.1 Å². The summed E-state index contributed by atoms with van der Waals surface area (Å²) in [6.45, 7) is 4.96. The molecule has 150 valence electrons. The molecule has 1 aliphatic rings. The van der Waals surface area contributed by atoms with Crippen LogP contribution in [0.25, 0.3) is 0 Å². The van der Waals surface area contributed by atoms with Gasteiger partial charge in [-0.05, 0) is 43.0 Å². The zero-order valence-electron chi connectivity index (χ0n) is 16.5. The Morgan fingerprint density at radius 3 is 2.75 bits per heavy atom. The van der Waals surface area contributed by atoms with Crippen LogP contribution in [0.4, 0.5) is 10.5 Å². The molecule has 1 saturated heterocycles. The third kappa shape index (κ3) is 4.28. The smallest absolute Gasteiger partial charge is 0.321 e. The third-order valence-electron chi connectivity index (χ3n) is 4.74. The Labute approximate surface area is 173 Å². The van der Waals surface area contributed by atoms with Crippen LogP contribution in [-0.2, 0) is 4.79 Å². The Morgan fingerprint density at radius 2 is 2.07 bits per heavy atom. The van der Waals surface area contributed by atoms with Gasteiger partial charge in [-0.3, -0.25) is 4.79 Å². The van der Waals surface area contributed by atoms with Crippen LogP contribution < -0.4 is 10.1 Å². The lowest BCUT2D eigenvalue weighted by atomic mass is 10.2. The predicted molar refractivity (Wildman–Crippen MR) is 115 cm³/mol. The van der Waals surface area contributed by atoms with Crippen molar-refractivity contribution in [1.82, 2.24) is 9.80 Å². The molecule has 0 spiro atoms. The summed E-state index contributed by atoms with van der Waals surface area (Å²) < 4.78 is 5.27. The van der Waals surface area contributed by atoms with Crippen LogP contribution in [0.15, 0.2) is 35.7 Å². The summed E-state index contributed by atoms with van der Waals surface area (Å²) in [5.41, 5.74) is 1.83. The molecule has 1 fully saturated rings. The number of para-hydroxylation sites is 2. The first-order valence-electron chi connectivity index (χ1n) is 9.07. The predicted octanol–water partition coefficient (Wildman–Crippen LogP) is 4.19. The summed E-state index contributed by atoms with van der Waals surface area (Å²) >= 11 is 3.35. The fraction of sp³-hybridized carbons (Fsp3) is 0.400. The van der Waals surface area contributed by atoms with Crippen molar-refractivity contribution < 1.29 is 14.3 Å². The maximum atomic E-state index is 12.7. The molecular weight excluding hydrogens is 394 g/mol. The number of carbonyl (C=O) groups is 2. The highest BCUT2D eigenvalue weighted by atomic mass is 32.2. The zero-order chi connectivity index (χ0) is 20.3. The van der Waals surface area contributed by atoms with Gasteiger partial charge in [-0.15, -0.1) is 23.1 Å². The van der Waals surface area contributed by atoms with E-state index in [1.807, 2.05) is 24.0 Å². The van der Waals surface area contributed by atoms with E-state index in [4.69, 9.17) is 4.74 Å². The van der Waals surface area contributed by atoms with Gasteiger partial charge < -0.3 is 19.9 Å². The van der Waals surface area contributed by atoms with Gasteiger partial charge in [0.05, 0.1) is 18.0 Å². The molecule has 6 nitrogen and oxygen atoms in total. The number of rotatable bonds is 6. The van der Waals surface area contributed by atoms with Crippen molar-refractivity contribution in [1.29, 1.82) is 0 Å². The lowest BCUT2D eigenvalue weighted by Crippen LogP contribution is -2.40. The molecule has 3 rings (SSSR count). The van der Waals surface area contributed by atoms with E-state index in [9.17, 15) is 9.59 Å². The number of urea groups is 1. The van der Waals surface area contributed by atoms with E-state index in [1.54, 1.807) is 54.3 Å². The topological polar surface area (TPSA) is 61.9 Å². The van der Waals surface area contributed by atoms with E-state index in [-0.39, 0.29) is 22.6 Å². The van der Waals surface area contributed by atoms with Gasteiger partial charge in [0.2, 0.25) is 5.91 Å². The van der Waals surface area contributed by atoms with Crippen LogP contribution in [0, 0.1) is 6.92 Å². The summed E-state index contributed by atoms with van der Waals surface area (Å²) in [5.74, 6) is 0.735. The number of benzene rings is 1. The first-order chi connectivity index (χ1) is 13.4. The van der Waals surface area contributed by atoms with E-state index in [0.717, 1.165) is 0 Å². The standard InChI is InChI=1S/C20H25N3O3S2/c1-13-9-12-27-17(13)19-23(18(24)14(2)28-19)11-10-22(3)20(25)21-15-7-5-6-8-16(15)26-4/h5-9,12,14,19H,10-11H2,1-4H3,(H,21,25). The molecule has 2 aromatic rings. The van der Waals surface area contributed by atoms with Gasteiger partial charge in [-0.2, -0.15) is 0 Å². The Hall–Kier alpha value is -2.19. The monoisotopic (exact) mass is 419 g/mol. The van der Waals surface area contributed by atoms with Crippen LogP contribution in [-0.4, -0.2) is 54.2 Å². The maximum Gasteiger partial charge on any atom is 0.321 e. The van der Waals surface area contributed by atoms with Crippen molar-refractivity contribution in [3.05, 3.63) is 46.2 Å². The number of anilines is 1. The average molecular weight is 420 g/mol. The number of methoxy groups -OCH3 is 1. The van der Waals surface area contributed by atoms with Gasteiger partial charge in [0.25, 0.3) is 0 Å². The van der Waals surface area contributed by atoms with E-state index in [2.05, 4.69) is 23.7 Å². The largest absolute Gasteiger partial charge is 0.495 e. The van der Waals surface area contributed by atoms with Crippen LogP contribution in [0.2, 0.25) is 0 Å². The van der Waals surface area contributed by atoms with Crippen molar-refractivity contribution in [3.8, 4) is 5.75 Å². The van der Waals surface area contributed by atoms with Crippen LogP contribution in [0.3, 0.4) is 0 Å². The number of nitrogens with one attached hydrogen (secondary N) is 1. The van der Waals surface area contributed by atoms with Gasteiger partial charge in [-0.25, -0.2) is 4.79 Å². The number of hydrogen-bond donors (Lipinski definition) is 1. The summed E-state index contributed by atoms with van der Waals surface area (Å²) in [5, 5.41) is 4.87. The zero-order valence-corrected chi connectivity index (χ0v) is 18.1. The lowest BCUT2D eigenvalue weighted by Gasteiger charge is -2.27. The summed E-state index contributed by atoms with van der Waals surface area (Å²) in [7, 11) is 3.30. The molecule has 1 N–H and O–H groups in total. The minimum atomic E-state index is -0.235. The molecule has 1 aliphatic heterocycles. The molecule has 1 aromatic carbocycles. The lowest BCUT2D eigenvalue weighted by molar-refractivity contribution is -0.129. The molecule has 1 aromatic heterocycles. The van der Waals surface area contributed by atoms with Gasteiger partial charge >= 0.3 is 6.03 Å². The fourth-order valence-corrected chi connectivity index (χ4v) is 5.61. The molecule has 28 heavy (non-hydrogen) atoms. The highest BCUT2D eigenvalue weighted by molar-refractivity contribution is 8.01. The van der Waals surface area contributed by atoms with Crippen molar-refractivity contribution >= 4 is 40.7 Å². The van der Waals surface area contributed by atoms with E-state index in [0.29, 0.717) is 24.5 Å². The third-order valence-corrected chi connectivity index (χ3v) is 7.32. The van der Waals surface area contributed by atoms with Crippen LogP contribution >= 0.6 is 23.1 Å². The Balaban J connectivity index is 1.63. The highest BCUT2D eigenvalue weighted by Gasteiger charge is 2.39. The molecule has 8 heteroatoms. The Bertz CT molecular complexity index is 855. The SMILES string of the molecule is COc1ccccc1NC(=O)N(C)CCN1C(=O)C(C)SC1c1sccc1C. The van der Waals surface area contributed by atoms with Crippen LogP contribution in [0.1, 0.15) is 22.7 Å². The molecule has 0 bridgehead atoms. The quantitative estimate of drug-likeness (QED) is 0.763. The summed E-state index contributed by atoms with van der Waals surface area (Å²) in [6, 6.07) is 9.13. The van der Waals surface area contributed by atoms with Gasteiger partial charge in [0.15, 0.2) is 0 Å². The second-order valence-electron chi connectivity index (χ2n) is 6.68. The molecular formula is C20H25N3O3S2. The second-order valence-corrected chi connectivity index (χ2v) is 9.06.